The Morgan fingerprint density at radius 2 is 1.54 bits per heavy atom. The lowest BCUT2D eigenvalue weighted by molar-refractivity contribution is -0.143. The molecule has 0 radical (unpaired) electrons. The highest BCUT2D eigenvalue weighted by molar-refractivity contribution is 6.62. The van der Waals surface area contributed by atoms with Gasteiger partial charge in [-0.1, -0.05) is 24.3 Å². The molecule has 2 aromatic rings. The van der Waals surface area contributed by atoms with Gasteiger partial charge in [-0.25, -0.2) is 0 Å². The molecule has 1 aromatic heterocycles. The van der Waals surface area contributed by atoms with E-state index in [2.05, 4.69) is 5.10 Å². The van der Waals surface area contributed by atoms with Gasteiger partial charge in [0.15, 0.2) is 0 Å². The van der Waals surface area contributed by atoms with Crippen LogP contribution in [0.25, 0.3) is 0 Å². The molecule has 1 fully saturated rings. The van der Waals surface area contributed by atoms with Crippen LogP contribution in [0.15, 0.2) is 30.3 Å². The number of rotatable bonds is 3. The summed E-state index contributed by atoms with van der Waals surface area (Å²) >= 11 is 0. The highest BCUT2D eigenvalue weighted by Gasteiger charge is 2.51. The first-order chi connectivity index (χ1) is 12.6. The van der Waals surface area contributed by atoms with E-state index in [1.165, 1.54) is 14.0 Å². The van der Waals surface area contributed by atoms with E-state index in [1.807, 2.05) is 27.7 Å². The normalized spacial score (nSPS) is 21.0. The molecule has 1 N–H and O–H groups in total. The zero-order valence-electron chi connectivity index (χ0n) is 16.8. The van der Waals surface area contributed by atoms with Crippen LogP contribution in [0, 0.1) is 0 Å². The standard InChI is InChI=1S/C19H24BF3N2O3/c1-16(2)17(3,4)28-20(27-16)13-9-7-12(8-10-13)18(5,26)14-11-15(19(21,22)23)25(6)24-14/h7-11,26H,1-6H3. The monoisotopic (exact) mass is 396 g/mol. The van der Waals surface area contributed by atoms with Crippen molar-refractivity contribution >= 4 is 12.6 Å². The van der Waals surface area contributed by atoms with E-state index in [0.717, 1.165) is 16.2 Å². The topological polar surface area (TPSA) is 56.5 Å². The van der Waals surface area contributed by atoms with Crippen LogP contribution in [0.4, 0.5) is 13.2 Å². The first kappa shape index (κ1) is 20.9. The maximum absolute atomic E-state index is 13.0. The fourth-order valence-corrected chi connectivity index (χ4v) is 3.06. The molecule has 152 valence electrons. The SMILES string of the molecule is Cn1nc(C(C)(O)c2ccc(B3OC(C)(C)C(C)(C)O3)cc2)cc1C(F)(F)F. The van der Waals surface area contributed by atoms with Crippen LogP contribution in [0.5, 0.6) is 0 Å². The number of hydrogen-bond donors (Lipinski definition) is 1. The second kappa shape index (κ2) is 6.33. The molecule has 9 heteroatoms. The van der Waals surface area contributed by atoms with Crippen molar-refractivity contribution in [3.63, 3.8) is 0 Å². The van der Waals surface area contributed by atoms with Gasteiger partial charge in [0.2, 0.25) is 0 Å². The number of aromatic nitrogens is 2. The Hall–Kier alpha value is -1.84. The summed E-state index contributed by atoms with van der Waals surface area (Å²) < 4.78 is 51.8. The fourth-order valence-electron chi connectivity index (χ4n) is 3.06. The molecular formula is C19H24BF3N2O3. The Labute approximate surface area is 162 Å². The van der Waals surface area contributed by atoms with Gasteiger partial charge in [0.05, 0.1) is 16.9 Å². The summed E-state index contributed by atoms with van der Waals surface area (Å²) in [4.78, 5) is 0. The van der Waals surface area contributed by atoms with Gasteiger partial charge in [0.25, 0.3) is 0 Å². The van der Waals surface area contributed by atoms with Crippen LogP contribution in [-0.4, -0.2) is 33.2 Å². The summed E-state index contributed by atoms with van der Waals surface area (Å²) in [7, 11) is 0.639. The Kier molecular flexibility index (Phi) is 4.73. The highest BCUT2D eigenvalue weighted by Crippen LogP contribution is 2.37. The second-order valence-electron chi connectivity index (χ2n) is 8.32. The van der Waals surface area contributed by atoms with Crippen LogP contribution >= 0.6 is 0 Å². The number of hydrogen-bond acceptors (Lipinski definition) is 4. The van der Waals surface area contributed by atoms with Crippen molar-refractivity contribution < 1.29 is 27.6 Å². The lowest BCUT2D eigenvalue weighted by Crippen LogP contribution is -2.41. The Morgan fingerprint density at radius 1 is 1.04 bits per heavy atom. The minimum absolute atomic E-state index is 0.0780. The van der Waals surface area contributed by atoms with Crippen molar-refractivity contribution in [3.8, 4) is 0 Å². The van der Waals surface area contributed by atoms with E-state index >= 15 is 0 Å². The molecule has 1 saturated heterocycles. The van der Waals surface area contributed by atoms with Gasteiger partial charge in [-0.05, 0) is 51.7 Å². The Balaban J connectivity index is 1.87. The third kappa shape index (κ3) is 3.47. The maximum atomic E-state index is 13.0. The van der Waals surface area contributed by atoms with Gasteiger partial charge in [0, 0.05) is 7.05 Å². The fraction of sp³-hybridized carbons (Fsp3) is 0.526. The molecule has 1 aliphatic rings. The van der Waals surface area contributed by atoms with Crippen molar-refractivity contribution in [3.05, 3.63) is 47.3 Å². The minimum atomic E-state index is -4.54. The molecular weight excluding hydrogens is 372 g/mol. The van der Waals surface area contributed by atoms with Crippen LogP contribution < -0.4 is 5.46 Å². The van der Waals surface area contributed by atoms with Crippen LogP contribution in [-0.2, 0) is 28.1 Å². The third-order valence-electron chi connectivity index (χ3n) is 5.67. The molecule has 0 aliphatic carbocycles. The first-order valence-electron chi connectivity index (χ1n) is 8.95. The largest absolute Gasteiger partial charge is 0.494 e. The van der Waals surface area contributed by atoms with Crippen LogP contribution in [0.1, 0.15) is 51.6 Å². The van der Waals surface area contributed by atoms with Gasteiger partial charge < -0.3 is 14.4 Å². The molecule has 1 aromatic carbocycles. The number of aryl methyl sites for hydroxylation is 1. The molecule has 2 heterocycles. The maximum Gasteiger partial charge on any atom is 0.494 e. The molecule has 5 nitrogen and oxygen atoms in total. The number of alkyl halides is 3. The quantitative estimate of drug-likeness (QED) is 0.811. The van der Waals surface area contributed by atoms with Gasteiger partial charge in [-0.15, -0.1) is 0 Å². The zero-order chi connectivity index (χ0) is 21.1. The van der Waals surface area contributed by atoms with Crippen molar-refractivity contribution in [2.45, 2.75) is 57.6 Å². The zero-order valence-corrected chi connectivity index (χ0v) is 16.8. The predicted octanol–water partition coefficient (Wildman–Crippen LogP) is 2.99. The van der Waals surface area contributed by atoms with Crippen molar-refractivity contribution in [1.82, 2.24) is 9.78 Å². The van der Waals surface area contributed by atoms with E-state index in [0.29, 0.717) is 5.56 Å². The third-order valence-corrected chi connectivity index (χ3v) is 5.67. The number of benzene rings is 1. The number of nitrogens with zero attached hydrogens (tertiary/aromatic N) is 2. The van der Waals surface area contributed by atoms with E-state index in [9.17, 15) is 18.3 Å². The molecule has 1 atom stereocenters. The average Bonchev–Trinajstić information content (AvgIpc) is 3.05. The lowest BCUT2D eigenvalue weighted by Gasteiger charge is -2.32. The average molecular weight is 396 g/mol. The second-order valence-corrected chi connectivity index (χ2v) is 8.32. The van der Waals surface area contributed by atoms with E-state index in [-0.39, 0.29) is 5.69 Å². The van der Waals surface area contributed by atoms with Crippen LogP contribution in [0.2, 0.25) is 0 Å². The van der Waals surface area contributed by atoms with Crippen molar-refractivity contribution in [2.75, 3.05) is 0 Å². The lowest BCUT2D eigenvalue weighted by atomic mass is 9.78. The number of aliphatic hydroxyl groups is 1. The summed E-state index contributed by atoms with van der Waals surface area (Å²) in [5.74, 6) is 0. The smallest absolute Gasteiger partial charge is 0.399 e. The van der Waals surface area contributed by atoms with E-state index in [4.69, 9.17) is 9.31 Å². The Bertz CT molecular complexity index is 858. The molecule has 0 bridgehead atoms. The molecule has 1 aliphatic heterocycles. The highest BCUT2D eigenvalue weighted by atomic mass is 19.4. The van der Waals surface area contributed by atoms with Gasteiger partial charge in [0.1, 0.15) is 11.3 Å². The van der Waals surface area contributed by atoms with Crippen LogP contribution in [0.3, 0.4) is 0 Å². The molecule has 28 heavy (non-hydrogen) atoms. The minimum Gasteiger partial charge on any atom is -0.399 e. The van der Waals surface area contributed by atoms with Gasteiger partial charge >= 0.3 is 13.3 Å². The Morgan fingerprint density at radius 3 is 1.96 bits per heavy atom. The summed E-state index contributed by atoms with van der Waals surface area (Å²) in [6, 6.07) is 7.62. The van der Waals surface area contributed by atoms with Crippen molar-refractivity contribution in [1.29, 1.82) is 0 Å². The summed E-state index contributed by atoms with van der Waals surface area (Å²) in [5.41, 5.74) is -2.47. The molecule has 1 unspecified atom stereocenters. The summed E-state index contributed by atoms with van der Waals surface area (Å²) in [6.45, 7) is 9.22. The molecule has 0 spiro atoms. The molecule has 0 amide bonds. The molecule has 3 rings (SSSR count). The van der Waals surface area contributed by atoms with E-state index in [1.54, 1.807) is 24.3 Å². The number of halogens is 3. The van der Waals surface area contributed by atoms with E-state index < -0.39 is 35.8 Å². The summed E-state index contributed by atoms with van der Waals surface area (Å²) in [6.07, 6.45) is -4.54. The summed E-state index contributed by atoms with van der Waals surface area (Å²) in [5, 5.41) is 14.7. The van der Waals surface area contributed by atoms with Gasteiger partial charge in [-0.2, -0.15) is 18.3 Å². The predicted molar refractivity (Wildman–Crippen MR) is 99.0 cm³/mol. The van der Waals surface area contributed by atoms with Gasteiger partial charge in [-0.3, -0.25) is 4.68 Å². The molecule has 0 saturated carbocycles. The van der Waals surface area contributed by atoms with Crippen molar-refractivity contribution in [2.24, 2.45) is 7.05 Å². The first-order valence-corrected chi connectivity index (χ1v) is 8.95.